The second-order valence-electron chi connectivity index (χ2n) is 5.86. The number of nitrogens with one attached hydrogen (secondary N) is 1. The lowest BCUT2D eigenvalue weighted by atomic mass is 10.0. The van der Waals surface area contributed by atoms with Gasteiger partial charge >= 0.3 is 5.51 Å². The molecule has 3 aliphatic heterocycles. The fourth-order valence-electron chi connectivity index (χ4n) is 3.31. The Morgan fingerprint density at radius 2 is 1.81 bits per heavy atom. The normalized spacial score (nSPS) is 32.0. The maximum absolute atomic E-state index is 12.4. The Morgan fingerprint density at radius 1 is 1.14 bits per heavy atom. The first-order chi connectivity index (χ1) is 9.94. The standard InChI is InChI=1S/C13H20F3N3OS/c1-17-11-2-12(8-20-7-11)18-3-9-5-19(6-10(9)4-18)21-13(14,15)16/h11-12,17H,2-8H2,1H3. The number of hydrogen-bond donors (Lipinski definition) is 1. The Hall–Kier alpha value is -0.280. The Labute approximate surface area is 126 Å². The third kappa shape index (κ3) is 3.73. The molecule has 0 bridgehead atoms. The van der Waals surface area contributed by atoms with E-state index in [0.29, 0.717) is 25.2 Å². The van der Waals surface area contributed by atoms with Gasteiger partial charge in [0.05, 0.1) is 13.2 Å². The van der Waals surface area contributed by atoms with Crippen LogP contribution in [0.3, 0.4) is 0 Å². The van der Waals surface area contributed by atoms with E-state index in [1.165, 1.54) is 15.5 Å². The van der Waals surface area contributed by atoms with Crippen molar-refractivity contribution >= 4 is 11.9 Å². The first-order valence-corrected chi connectivity index (χ1v) is 7.91. The summed E-state index contributed by atoms with van der Waals surface area (Å²) in [7, 11) is 1.94. The van der Waals surface area contributed by atoms with Crippen molar-refractivity contribution < 1.29 is 17.9 Å². The minimum Gasteiger partial charge on any atom is -0.378 e. The molecular weight excluding hydrogens is 303 g/mol. The molecule has 0 aromatic rings. The summed E-state index contributed by atoms with van der Waals surface area (Å²) in [6, 6.07) is 0.738. The molecule has 2 unspecified atom stereocenters. The molecule has 0 aromatic carbocycles. The second kappa shape index (κ2) is 6.08. The first-order valence-electron chi connectivity index (χ1n) is 7.14. The number of hydrogen-bond acceptors (Lipinski definition) is 5. The van der Waals surface area contributed by atoms with E-state index in [2.05, 4.69) is 10.2 Å². The highest BCUT2D eigenvalue weighted by atomic mass is 32.2. The van der Waals surface area contributed by atoms with Crippen LogP contribution in [0.25, 0.3) is 0 Å². The van der Waals surface area contributed by atoms with E-state index in [-0.39, 0.29) is 11.9 Å². The summed E-state index contributed by atoms with van der Waals surface area (Å²) in [5.41, 5.74) is -1.85. The summed E-state index contributed by atoms with van der Waals surface area (Å²) in [4.78, 5) is 2.35. The molecule has 21 heavy (non-hydrogen) atoms. The van der Waals surface area contributed by atoms with Crippen molar-refractivity contribution in [2.45, 2.75) is 24.0 Å². The van der Waals surface area contributed by atoms with Gasteiger partial charge in [0.15, 0.2) is 0 Å². The summed E-state index contributed by atoms with van der Waals surface area (Å²) in [5.74, 6) is 0. The highest BCUT2D eigenvalue weighted by Gasteiger charge is 2.39. The van der Waals surface area contributed by atoms with E-state index in [0.717, 1.165) is 32.7 Å². The van der Waals surface area contributed by atoms with Gasteiger partial charge < -0.3 is 10.1 Å². The van der Waals surface area contributed by atoms with E-state index in [4.69, 9.17) is 4.74 Å². The van der Waals surface area contributed by atoms with Crippen LogP contribution in [0.2, 0.25) is 0 Å². The predicted molar refractivity (Wildman–Crippen MR) is 75.9 cm³/mol. The van der Waals surface area contributed by atoms with E-state index in [9.17, 15) is 13.2 Å². The van der Waals surface area contributed by atoms with Crippen LogP contribution in [0.15, 0.2) is 11.1 Å². The van der Waals surface area contributed by atoms with E-state index >= 15 is 0 Å². The SMILES string of the molecule is CNC1COCC(N2CC3=C(CN(SC(F)(F)F)C3)C2)C1. The molecule has 0 aromatic heterocycles. The average molecular weight is 323 g/mol. The summed E-state index contributed by atoms with van der Waals surface area (Å²) >= 11 is 0.000396. The number of ether oxygens (including phenoxy) is 1. The molecule has 3 heterocycles. The van der Waals surface area contributed by atoms with Crippen LogP contribution in [0.5, 0.6) is 0 Å². The molecule has 0 saturated carbocycles. The highest BCUT2D eigenvalue weighted by Crippen LogP contribution is 2.39. The molecule has 0 radical (unpaired) electrons. The van der Waals surface area contributed by atoms with Crippen LogP contribution >= 0.6 is 11.9 Å². The zero-order valence-corrected chi connectivity index (χ0v) is 12.8. The molecule has 8 heteroatoms. The number of alkyl halides is 3. The molecule has 0 aliphatic carbocycles. The Bertz CT molecular complexity index is 411. The molecule has 1 fully saturated rings. The lowest BCUT2D eigenvalue weighted by molar-refractivity contribution is -0.0359. The van der Waals surface area contributed by atoms with E-state index < -0.39 is 5.51 Å². The van der Waals surface area contributed by atoms with Crippen molar-refractivity contribution in [1.82, 2.24) is 14.5 Å². The van der Waals surface area contributed by atoms with Crippen LogP contribution in [0, 0.1) is 0 Å². The second-order valence-corrected chi connectivity index (χ2v) is 7.02. The Balaban J connectivity index is 1.51. The Kier molecular flexibility index (Phi) is 4.52. The number of likely N-dealkylation sites (N-methyl/N-ethyl adjacent to an activating group) is 1. The third-order valence-electron chi connectivity index (χ3n) is 4.37. The summed E-state index contributed by atoms with van der Waals surface area (Å²) in [6.45, 7) is 3.89. The van der Waals surface area contributed by atoms with Crippen LogP contribution < -0.4 is 5.32 Å². The Morgan fingerprint density at radius 3 is 2.38 bits per heavy atom. The van der Waals surface area contributed by atoms with Crippen LogP contribution in [0.1, 0.15) is 6.42 Å². The fourth-order valence-corrected chi connectivity index (χ4v) is 4.04. The maximum atomic E-state index is 12.4. The van der Waals surface area contributed by atoms with Gasteiger partial charge in [-0.15, -0.1) is 0 Å². The quantitative estimate of drug-likeness (QED) is 0.627. The van der Waals surface area contributed by atoms with Gasteiger partial charge in [-0.1, -0.05) is 0 Å². The predicted octanol–water partition coefficient (Wildman–Crippen LogP) is 1.46. The van der Waals surface area contributed by atoms with Gasteiger partial charge in [-0.3, -0.25) is 4.90 Å². The number of nitrogens with zero attached hydrogens (tertiary/aromatic N) is 2. The van der Waals surface area contributed by atoms with Crippen molar-refractivity contribution in [2.75, 3.05) is 46.4 Å². The van der Waals surface area contributed by atoms with Gasteiger partial charge in [-0.25, -0.2) is 4.31 Å². The lowest BCUT2D eigenvalue weighted by Gasteiger charge is -2.36. The van der Waals surface area contributed by atoms with Crippen molar-refractivity contribution in [3.8, 4) is 0 Å². The minimum atomic E-state index is -4.18. The van der Waals surface area contributed by atoms with Crippen molar-refractivity contribution in [2.24, 2.45) is 0 Å². The molecule has 120 valence electrons. The topological polar surface area (TPSA) is 27.7 Å². The molecule has 2 atom stereocenters. The highest BCUT2D eigenvalue weighted by molar-refractivity contribution is 7.97. The van der Waals surface area contributed by atoms with Gasteiger partial charge in [0.25, 0.3) is 0 Å². The fraction of sp³-hybridized carbons (Fsp3) is 0.846. The summed E-state index contributed by atoms with van der Waals surface area (Å²) in [6.07, 6.45) is 1.04. The molecule has 4 nitrogen and oxygen atoms in total. The van der Waals surface area contributed by atoms with Crippen molar-refractivity contribution in [1.29, 1.82) is 0 Å². The molecule has 1 N–H and O–H groups in total. The zero-order chi connectivity index (χ0) is 15.0. The number of halogens is 3. The van der Waals surface area contributed by atoms with Gasteiger partial charge in [0, 0.05) is 50.2 Å². The van der Waals surface area contributed by atoms with Gasteiger partial charge in [0.1, 0.15) is 0 Å². The van der Waals surface area contributed by atoms with Crippen LogP contribution in [-0.4, -0.2) is 73.2 Å². The lowest BCUT2D eigenvalue weighted by Crippen LogP contribution is -2.48. The zero-order valence-electron chi connectivity index (χ0n) is 11.9. The minimum absolute atomic E-state index is 0.000396. The van der Waals surface area contributed by atoms with E-state index in [1.54, 1.807) is 0 Å². The molecule has 0 spiro atoms. The maximum Gasteiger partial charge on any atom is 0.456 e. The van der Waals surface area contributed by atoms with Crippen LogP contribution in [0.4, 0.5) is 13.2 Å². The molecule has 1 saturated heterocycles. The van der Waals surface area contributed by atoms with Gasteiger partial charge in [-0.05, 0) is 24.6 Å². The van der Waals surface area contributed by atoms with Gasteiger partial charge in [-0.2, -0.15) is 13.2 Å². The summed E-state index contributed by atoms with van der Waals surface area (Å²) in [5, 5.41) is 3.24. The monoisotopic (exact) mass is 323 g/mol. The van der Waals surface area contributed by atoms with Gasteiger partial charge in [0.2, 0.25) is 0 Å². The molecular formula is C13H20F3N3OS. The number of rotatable bonds is 3. The van der Waals surface area contributed by atoms with Crippen LogP contribution in [-0.2, 0) is 4.74 Å². The summed E-state index contributed by atoms with van der Waals surface area (Å²) < 4.78 is 44.2. The van der Waals surface area contributed by atoms with E-state index in [1.807, 2.05) is 7.05 Å². The van der Waals surface area contributed by atoms with Crippen molar-refractivity contribution in [3.05, 3.63) is 11.1 Å². The van der Waals surface area contributed by atoms with Crippen molar-refractivity contribution in [3.63, 3.8) is 0 Å². The molecule has 3 aliphatic rings. The molecule has 0 amide bonds. The smallest absolute Gasteiger partial charge is 0.378 e. The first kappa shape index (κ1) is 15.6. The average Bonchev–Trinajstić information content (AvgIpc) is 2.94. The third-order valence-corrected chi connectivity index (χ3v) is 5.09. The largest absolute Gasteiger partial charge is 0.456 e. The molecule has 3 rings (SSSR count).